The largest absolute Gasteiger partial charge is 0.394 e. The summed E-state index contributed by atoms with van der Waals surface area (Å²) >= 11 is 0. The second kappa shape index (κ2) is 7.33. The second-order valence-corrected chi connectivity index (χ2v) is 3.16. The monoisotopic (exact) mass is 197 g/mol. The highest BCUT2D eigenvalue weighted by Crippen LogP contribution is 2.17. The van der Waals surface area contributed by atoms with Gasteiger partial charge in [-0.05, 0) is 24.3 Å². The van der Waals surface area contributed by atoms with Crippen LogP contribution in [0.2, 0.25) is 0 Å². The predicted molar refractivity (Wildman–Crippen MR) is 58.0 cm³/mol. The Morgan fingerprint density at radius 1 is 1.57 bits per heavy atom. The number of ether oxygens (including phenoxy) is 1. The fourth-order valence-electron chi connectivity index (χ4n) is 1.25. The standard InChI is InChI=1S/C11H19NO2/c1-9(7-12-3)11(5-6-14-4)10(2)8-13/h5,7-8,10,12H,6H2,1-4H3/b9-7?,11-5-/t10-/m0/s1. The van der Waals surface area contributed by atoms with Crippen molar-refractivity contribution in [1.82, 2.24) is 5.32 Å². The van der Waals surface area contributed by atoms with Gasteiger partial charge in [0.25, 0.3) is 0 Å². The van der Waals surface area contributed by atoms with Gasteiger partial charge in [-0.1, -0.05) is 13.0 Å². The molecule has 0 radical (unpaired) electrons. The zero-order chi connectivity index (χ0) is 11.0. The molecule has 1 atom stereocenters. The third-order valence-corrected chi connectivity index (χ3v) is 1.98. The van der Waals surface area contributed by atoms with Gasteiger partial charge in [0.05, 0.1) is 6.61 Å². The zero-order valence-corrected chi connectivity index (χ0v) is 9.33. The van der Waals surface area contributed by atoms with Crippen molar-refractivity contribution in [1.29, 1.82) is 0 Å². The lowest BCUT2D eigenvalue weighted by atomic mass is 9.96. The molecule has 80 valence electrons. The highest BCUT2D eigenvalue weighted by molar-refractivity contribution is 5.61. The fourth-order valence-corrected chi connectivity index (χ4v) is 1.25. The lowest BCUT2D eigenvalue weighted by molar-refractivity contribution is -0.109. The molecule has 0 aliphatic heterocycles. The van der Waals surface area contributed by atoms with Crippen LogP contribution in [0.1, 0.15) is 13.8 Å². The van der Waals surface area contributed by atoms with Gasteiger partial charge in [0.15, 0.2) is 0 Å². The maximum atomic E-state index is 10.7. The Bertz CT molecular complexity index is 231. The van der Waals surface area contributed by atoms with E-state index in [1.54, 1.807) is 7.11 Å². The van der Waals surface area contributed by atoms with Gasteiger partial charge in [-0.15, -0.1) is 0 Å². The normalized spacial score (nSPS) is 15.1. The number of carbonyl (C=O) groups is 1. The first-order chi connectivity index (χ1) is 6.67. The molecule has 0 aromatic heterocycles. The van der Waals surface area contributed by atoms with E-state index in [1.165, 1.54) is 0 Å². The van der Waals surface area contributed by atoms with Crippen LogP contribution in [0.4, 0.5) is 0 Å². The van der Waals surface area contributed by atoms with E-state index in [4.69, 9.17) is 4.74 Å². The molecule has 0 saturated carbocycles. The van der Waals surface area contributed by atoms with Crippen LogP contribution in [-0.2, 0) is 9.53 Å². The predicted octanol–water partition coefficient (Wildman–Crippen LogP) is 1.52. The fraction of sp³-hybridized carbons (Fsp3) is 0.545. The van der Waals surface area contributed by atoms with Crippen LogP contribution in [0.25, 0.3) is 0 Å². The van der Waals surface area contributed by atoms with Crippen LogP contribution in [0.3, 0.4) is 0 Å². The minimum absolute atomic E-state index is 0.0882. The van der Waals surface area contributed by atoms with Gasteiger partial charge in [0.2, 0.25) is 0 Å². The summed E-state index contributed by atoms with van der Waals surface area (Å²) in [6, 6.07) is 0. The molecule has 0 rings (SSSR count). The average Bonchev–Trinajstić information content (AvgIpc) is 2.18. The number of rotatable bonds is 6. The highest BCUT2D eigenvalue weighted by atomic mass is 16.5. The van der Waals surface area contributed by atoms with Crippen molar-refractivity contribution in [3.05, 3.63) is 23.4 Å². The van der Waals surface area contributed by atoms with Crippen LogP contribution in [0.5, 0.6) is 0 Å². The first-order valence-corrected chi connectivity index (χ1v) is 4.66. The molecule has 3 nitrogen and oxygen atoms in total. The molecule has 0 bridgehead atoms. The minimum atomic E-state index is -0.0882. The van der Waals surface area contributed by atoms with E-state index in [1.807, 2.05) is 33.2 Å². The lowest BCUT2D eigenvalue weighted by Crippen LogP contribution is -2.06. The Morgan fingerprint density at radius 3 is 2.64 bits per heavy atom. The van der Waals surface area contributed by atoms with Crippen LogP contribution in [-0.4, -0.2) is 27.1 Å². The molecule has 0 spiro atoms. The van der Waals surface area contributed by atoms with E-state index in [2.05, 4.69) is 5.32 Å². The van der Waals surface area contributed by atoms with Gasteiger partial charge in [-0.25, -0.2) is 0 Å². The summed E-state index contributed by atoms with van der Waals surface area (Å²) in [7, 11) is 3.47. The van der Waals surface area contributed by atoms with E-state index in [9.17, 15) is 4.79 Å². The number of aldehydes is 1. The van der Waals surface area contributed by atoms with Crippen molar-refractivity contribution in [3.8, 4) is 0 Å². The molecule has 0 aliphatic carbocycles. The maximum Gasteiger partial charge on any atom is 0.127 e. The number of carbonyl (C=O) groups excluding carboxylic acids is 1. The number of allylic oxidation sites excluding steroid dienone is 2. The number of hydrogen-bond acceptors (Lipinski definition) is 3. The molecular formula is C11H19NO2. The Kier molecular flexibility index (Phi) is 6.76. The summed E-state index contributed by atoms with van der Waals surface area (Å²) in [6.07, 6.45) is 4.75. The Hall–Kier alpha value is -1.09. The van der Waals surface area contributed by atoms with Crippen LogP contribution >= 0.6 is 0 Å². The Morgan fingerprint density at radius 2 is 2.21 bits per heavy atom. The first kappa shape index (κ1) is 12.9. The Balaban J connectivity index is 4.71. The van der Waals surface area contributed by atoms with Crippen LogP contribution in [0.15, 0.2) is 23.4 Å². The molecule has 14 heavy (non-hydrogen) atoms. The number of hydrogen-bond donors (Lipinski definition) is 1. The maximum absolute atomic E-state index is 10.7. The molecule has 0 unspecified atom stereocenters. The number of methoxy groups -OCH3 is 1. The summed E-state index contributed by atoms with van der Waals surface area (Å²) in [5.41, 5.74) is 2.07. The van der Waals surface area contributed by atoms with Crippen molar-refractivity contribution in [2.24, 2.45) is 5.92 Å². The third-order valence-electron chi connectivity index (χ3n) is 1.98. The lowest BCUT2D eigenvalue weighted by Gasteiger charge is -2.11. The van der Waals surface area contributed by atoms with Gasteiger partial charge >= 0.3 is 0 Å². The van der Waals surface area contributed by atoms with Crippen molar-refractivity contribution in [2.75, 3.05) is 20.8 Å². The zero-order valence-electron chi connectivity index (χ0n) is 9.33. The molecule has 0 amide bonds. The molecule has 0 fully saturated rings. The SMILES string of the molecule is CNC=C(C)/C(=C/COC)[C@@H](C)C=O. The van der Waals surface area contributed by atoms with Crippen molar-refractivity contribution in [3.63, 3.8) is 0 Å². The topological polar surface area (TPSA) is 38.3 Å². The van der Waals surface area contributed by atoms with Gasteiger partial charge in [0.1, 0.15) is 6.29 Å². The highest BCUT2D eigenvalue weighted by Gasteiger charge is 2.08. The number of nitrogens with one attached hydrogen (secondary N) is 1. The van der Waals surface area contributed by atoms with Crippen molar-refractivity contribution in [2.45, 2.75) is 13.8 Å². The van der Waals surface area contributed by atoms with Gasteiger partial charge < -0.3 is 14.8 Å². The quantitative estimate of drug-likeness (QED) is 0.518. The molecule has 0 aliphatic rings. The molecule has 0 aromatic rings. The second-order valence-electron chi connectivity index (χ2n) is 3.16. The van der Waals surface area contributed by atoms with Gasteiger partial charge in [-0.2, -0.15) is 0 Å². The molecule has 1 N–H and O–H groups in total. The summed E-state index contributed by atoms with van der Waals surface area (Å²) in [5, 5.41) is 2.94. The molecule has 0 aromatic carbocycles. The van der Waals surface area contributed by atoms with Crippen molar-refractivity contribution < 1.29 is 9.53 Å². The summed E-state index contributed by atoms with van der Waals surface area (Å²) < 4.78 is 4.96. The molecule has 0 heterocycles. The first-order valence-electron chi connectivity index (χ1n) is 4.66. The van der Waals surface area contributed by atoms with Crippen LogP contribution < -0.4 is 5.32 Å². The van der Waals surface area contributed by atoms with Gasteiger partial charge in [-0.3, -0.25) is 0 Å². The molecular weight excluding hydrogens is 178 g/mol. The van der Waals surface area contributed by atoms with Crippen LogP contribution in [0, 0.1) is 5.92 Å². The van der Waals surface area contributed by atoms with E-state index < -0.39 is 0 Å². The van der Waals surface area contributed by atoms with E-state index in [-0.39, 0.29) is 5.92 Å². The molecule has 3 heteroatoms. The Labute approximate surface area is 85.8 Å². The van der Waals surface area contributed by atoms with Crippen molar-refractivity contribution >= 4 is 6.29 Å². The van der Waals surface area contributed by atoms with E-state index >= 15 is 0 Å². The summed E-state index contributed by atoms with van der Waals surface area (Å²) in [6.45, 7) is 4.38. The van der Waals surface area contributed by atoms with Gasteiger partial charge in [0, 0.05) is 20.1 Å². The summed E-state index contributed by atoms with van der Waals surface area (Å²) in [4.78, 5) is 10.7. The molecule has 0 saturated heterocycles. The average molecular weight is 197 g/mol. The summed E-state index contributed by atoms with van der Waals surface area (Å²) in [5.74, 6) is -0.0882. The van der Waals surface area contributed by atoms with E-state index in [0.29, 0.717) is 6.61 Å². The smallest absolute Gasteiger partial charge is 0.127 e. The third kappa shape index (κ3) is 4.23. The minimum Gasteiger partial charge on any atom is -0.394 e. The van der Waals surface area contributed by atoms with E-state index in [0.717, 1.165) is 17.4 Å².